The molecular weight excluding hydrogens is 490 g/mol. The van der Waals surface area contributed by atoms with E-state index in [0.717, 1.165) is 43.0 Å². The SMILES string of the molecule is COCCN1CCCCCCN(C(=O)c2ccc3ccccc3n2)[C@@H](CC(C)C)COc2ccccc2C1=O. The third-order valence-corrected chi connectivity index (χ3v) is 7.24. The van der Waals surface area contributed by atoms with Gasteiger partial charge in [-0.2, -0.15) is 0 Å². The molecular formula is C32H41N3O4. The molecule has 4 rings (SSSR count). The van der Waals surface area contributed by atoms with Crippen LogP contribution < -0.4 is 4.74 Å². The number of benzene rings is 2. The number of carbonyl (C=O) groups is 2. The Morgan fingerprint density at radius 3 is 2.54 bits per heavy atom. The number of para-hydroxylation sites is 2. The average Bonchev–Trinajstić information content (AvgIpc) is 2.95. The molecule has 3 aromatic rings. The van der Waals surface area contributed by atoms with Crippen LogP contribution in [0.15, 0.2) is 60.7 Å². The van der Waals surface area contributed by atoms with Crippen molar-refractivity contribution in [1.82, 2.24) is 14.8 Å². The lowest BCUT2D eigenvalue weighted by Crippen LogP contribution is -2.45. The second kappa shape index (κ2) is 14.1. The fourth-order valence-electron chi connectivity index (χ4n) is 5.19. The van der Waals surface area contributed by atoms with E-state index in [-0.39, 0.29) is 17.9 Å². The molecule has 7 nitrogen and oxygen atoms in total. The first-order chi connectivity index (χ1) is 19.0. The number of hydrogen-bond donors (Lipinski definition) is 0. The van der Waals surface area contributed by atoms with Gasteiger partial charge >= 0.3 is 0 Å². The summed E-state index contributed by atoms with van der Waals surface area (Å²) in [6, 6.07) is 18.9. The summed E-state index contributed by atoms with van der Waals surface area (Å²) in [5.74, 6) is 0.788. The van der Waals surface area contributed by atoms with Crippen LogP contribution in [0.3, 0.4) is 0 Å². The summed E-state index contributed by atoms with van der Waals surface area (Å²) in [5.41, 5.74) is 1.81. The monoisotopic (exact) mass is 531 g/mol. The van der Waals surface area contributed by atoms with E-state index in [1.54, 1.807) is 7.11 Å². The predicted octanol–water partition coefficient (Wildman–Crippen LogP) is 5.83. The van der Waals surface area contributed by atoms with Crippen molar-refractivity contribution < 1.29 is 19.1 Å². The van der Waals surface area contributed by atoms with Crippen LogP contribution in [-0.4, -0.2) is 72.6 Å². The zero-order chi connectivity index (χ0) is 27.6. The first kappa shape index (κ1) is 28.6. The Morgan fingerprint density at radius 2 is 1.74 bits per heavy atom. The van der Waals surface area contributed by atoms with E-state index in [1.165, 1.54) is 0 Å². The third-order valence-electron chi connectivity index (χ3n) is 7.24. The van der Waals surface area contributed by atoms with Gasteiger partial charge in [0, 0.05) is 32.1 Å². The molecule has 0 spiro atoms. The van der Waals surface area contributed by atoms with Gasteiger partial charge in [-0.25, -0.2) is 4.98 Å². The van der Waals surface area contributed by atoms with Gasteiger partial charge < -0.3 is 19.3 Å². The fourth-order valence-corrected chi connectivity index (χ4v) is 5.19. The minimum absolute atomic E-state index is 0.0478. The normalized spacial score (nSPS) is 17.5. The van der Waals surface area contributed by atoms with Crippen LogP contribution in [0.4, 0.5) is 0 Å². The standard InChI is InChI=1S/C32H41N3O4/c1-24(2)22-26-23-39-30-15-9-7-13-27(30)31(36)34(20-21-38-3)18-10-4-5-11-19-35(26)32(37)29-17-16-25-12-6-8-14-28(25)33-29/h6-9,12-17,24,26H,4-5,10-11,18-23H2,1-3H3/t26-/m0/s1. The Hall–Kier alpha value is -3.45. The Morgan fingerprint density at radius 1 is 1.00 bits per heavy atom. The Balaban J connectivity index is 1.64. The maximum Gasteiger partial charge on any atom is 0.272 e. The number of aromatic nitrogens is 1. The van der Waals surface area contributed by atoms with Crippen molar-refractivity contribution in [3.05, 3.63) is 71.9 Å². The minimum Gasteiger partial charge on any atom is -0.491 e. The number of amides is 2. The Bertz CT molecular complexity index is 1240. The van der Waals surface area contributed by atoms with Gasteiger partial charge in [-0.15, -0.1) is 0 Å². The minimum atomic E-state index is -0.151. The average molecular weight is 532 g/mol. The lowest BCUT2D eigenvalue weighted by atomic mass is 10.0. The van der Waals surface area contributed by atoms with Crippen molar-refractivity contribution >= 4 is 22.7 Å². The lowest BCUT2D eigenvalue weighted by molar-refractivity contribution is 0.0556. The van der Waals surface area contributed by atoms with Gasteiger partial charge in [-0.3, -0.25) is 9.59 Å². The number of hydrogen-bond acceptors (Lipinski definition) is 5. The molecule has 0 radical (unpaired) electrons. The summed E-state index contributed by atoms with van der Waals surface area (Å²) in [6.07, 6.45) is 4.53. The van der Waals surface area contributed by atoms with E-state index in [2.05, 4.69) is 13.8 Å². The number of rotatable bonds is 6. The second-order valence-electron chi connectivity index (χ2n) is 10.7. The molecule has 2 heterocycles. The van der Waals surface area contributed by atoms with Crippen LogP contribution in [0.2, 0.25) is 0 Å². The molecule has 1 aliphatic rings. The zero-order valence-electron chi connectivity index (χ0n) is 23.5. The first-order valence-corrected chi connectivity index (χ1v) is 14.1. The van der Waals surface area contributed by atoms with Gasteiger partial charge in [0.2, 0.25) is 0 Å². The topological polar surface area (TPSA) is 72.0 Å². The largest absolute Gasteiger partial charge is 0.491 e. The van der Waals surface area contributed by atoms with Gasteiger partial charge in [-0.1, -0.05) is 63.1 Å². The molecule has 0 bridgehead atoms. The Labute approximate surface area is 232 Å². The third kappa shape index (κ3) is 7.57. The molecule has 7 heteroatoms. The van der Waals surface area contributed by atoms with E-state index in [0.29, 0.717) is 55.8 Å². The van der Waals surface area contributed by atoms with Crippen LogP contribution in [-0.2, 0) is 4.74 Å². The number of ether oxygens (including phenoxy) is 2. The molecule has 1 aromatic heterocycles. The van der Waals surface area contributed by atoms with Gasteiger partial charge in [-0.05, 0) is 49.4 Å². The van der Waals surface area contributed by atoms with E-state index in [9.17, 15) is 9.59 Å². The molecule has 0 saturated carbocycles. The summed E-state index contributed by atoms with van der Waals surface area (Å²) in [4.78, 5) is 36.0. The molecule has 2 amide bonds. The molecule has 1 atom stereocenters. The van der Waals surface area contributed by atoms with Crippen molar-refractivity contribution in [2.45, 2.75) is 52.0 Å². The predicted molar refractivity (Wildman–Crippen MR) is 154 cm³/mol. The molecule has 0 aliphatic carbocycles. The molecule has 1 aliphatic heterocycles. The quantitative estimate of drug-likeness (QED) is 0.400. The van der Waals surface area contributed by atoms with Crippen molar-refractivity contribution in [2.24, 2.45) is 5.92 Å². The second-order valence-corrected chi connectivity index (χ2v) is 10.7. The van der Waals surface area contributed by atoms with Gasteiger partial charge in [0.15, 0.2) is 0 Å². The molecule has 208 valence electrons. The number of methoxy groups -OCH3 is 1. The summed E-state index contributed by atoms with van der Waals surface area (Å²) in [5, 5.41) is 1.01. The molecule has 0 N–H and O–H groups in total. The van der Waals surface area contributed by atoms with E-state index in [1.807, 2.05) is 70.5 Å². The maximum atomic E-state index is 14.0. The maximum absolute atomic E-state index is 14.0. The number of nitrogens with zero attached hydrogens (tertiary/aromatic N) is 3. The van der Waals surface area contributed by atoms with Crippen LogP contribution in [0.5, 0.6) is 5.75 Å². The van der Waals surface area contributed by atoms with Crippen LogP contribution in [0, 0.1) is 5.92 Å². The van der Waals surface area contributed by atoms with Crippen LogP contribution in [0.1, 0.15) is 66.8 Å². The molecule has 0 unspecified atom stereocenters. The molecule has 2 aromatic carbocycles. The highest BCUT2D eigenvalue weighted by Crippen LogP contribution is 2.24. The summed E-state index contributed by atoms with van der Waals surface area (Å²) in [6.45, 7) is 6.96. The van der Waals surface area contributed by atoms with Crippen molar-refractivity contribution in [3.8, 4) is 5.75 Å². The first-order valence-electron chi connectivity index (χ1n) is 14.1. The van der Waals surface area contributed by atoms with E-state index < -0.39 is 0 Å². The van der Waals surface area contributed by atoms with Gasteiger partial charge in [0.25, 0.3) is 11.8 Å². The van der Waals surface area contributed by atoms with Crippen LogP contribution >= 0.6 is 0 Å². The fraction of sp³-hybridized carbons (Fsp3) is 0.469. The van der Waals surface area contributed by atoms with Crippen molar-refractivity contribution in [1.29, 1.82) is 0 Å². The smallest absolute Gasteiger partial charge is 0.272 e. The highest BCUT2D eigenvalue weighted by molar-refractivity contribution is 5.97. The van der Waals surface area contributed by atoms with E-state index >= 15 is 0 Å². The van der Waals surface area contributed by atoms with Gasteiger partial charge in [0.1, 0.15) is 18.1 Å². The van der Waals surface area contributed by atoms with E-state index in [4.69, 9.17) is 14.5 Å². The molecule has 39 heavy (non-hydrogen) atoms. The van der Waals surface area contributed by atoms with Crippen LogP contribution in [0.25, 0.3) is 10.9 Å². The molecule has 0 fully saturated rings. The zero-order valence-corrected chi connectivity index (χ0v) is 23.5. The summed E-state index contributed by atoms with van der Waals surface area (Å²) < 4.78 is 11.6. The highest BCUT2D eigenvalue weighted by Gasteiger charge is 2.28. The Kier molecular flexibility index (Phi) is 10.3. The lowest BCUT2D eigenvalue weighted by Gasteiger charge is -2.33. The van der Waals surface area contributed by atoms with Crippen molar-refractivity contribution in [3.63, 3.8) is 0 Å². The number of carbonyl (C=O) groups excluding carboxylic acids is 2. The number of pyridine rings is 1. The summed E-state index contributed by atoms with van der Waals surface area (Å²) >= 11 is 0. The van der Waals surface area contributed by atoms with Crippen molar-refractivity contribution in [2.75, 3.05) is 40.0 Å². The highest BCUT2D eigenvalue weighted by atomic mass is 16.5. The summed E-state index contributed by atoms with van der Waals surface area (Å²) in [7, 11) is 1.65. The van der Waals surface area contributed by atoms with Gasteiger partial charge in [0.05, 0.1) is 23.7 Å². The number of fused-ring (bicyclic) bond motifs is 2. The molecule has 0 saturated heterocycles.